The molecule has 164 valence electrons. The first-order valence-corrected chi connectivity index (χ1v) is 10.3. The van der Waals surface area contributed by atoms with Crippen LogP contribution in [0.2, 0.25) is 0 Å². The molecule has 8 nitrogen and oxygen atoms in total. The third kappa shape index (κ3) is 5.11. The minimum absolute atomic E-state index is 0.0145. The van der Waals surface area contributed by atoms with E-state index in [0.29, 0.717) is 5.75 Å². The molecule has 1 atom stereocenters. The Hall–Kier alpha value is -2.61. The van der Waals surface area contributed by atoms with Crippen molar-refractivity contribution in [1.82, 2.24) is 20.9 Å². The average Bonchev–Trinajstić information content (AvgIpc) is 2.86. The zero-order valence-corrected chi connectivity index (χ0v) is 18.4. The number of hydrogen-bond donors (Lipinski definition) is 3. The minimum atomic E-state index is -0.852. The third-order valence-corrected chi connectivity index (χ3v) is 5.57. The summed E-state index contributed by atoms with van der Waals surface area (Å²) in [6.45, 7) is 8.56. The molecular formula is C22H32N4O4. The Morgan fingerprint density at radius 3 is 2.43 bits per heavy atom. The number of piperidine rings is 1. The highest BCUT2D eigenvalue weighted by atomic mass is 16.5. The van der Waals surface area contributed by atoms with Crippen LogP contribution in [0.3, 0.4) is 0 Å². The number of imide groups is 1. The molecule has 1 aromatic carbocycles. The van der Waals surface area contributed by atoms with E-state index in [1.807, 2.05) is 12.1 Å². The quantitative estimate of drug-likeness (QED) is 0.616. The molecule has 0 bridgehead atoms. The highest BCUT2D eigenvalue weighted by Gasteiger charge is 2.41. The summed E-state index contributed by atoms with van der Waals surface area (Å²) in [4.78, 5) is 38.9. The van der Waals surface area contributed by atoms with Gasteiger partial charge in [-0.15, -0.1) is 0 Å². The van der Waals surface area contributed by atoms with Crippen molar-refractivity contribution in [2.75, 3.05) is 7.11 Å². The minimum Gasteiger partial charge on any atom is -0.496 e. The summed E-state index contributed by atoms with van der Waals surface area (Å²) in [7, 11) is 1.54. The summed E-state index contributed by atoms with van der Waals surface area (Å²) in [5, 5.41) is 9.27. The number of ether oxygens (including phenoxy) is 1. The number of carbonyl (C=O) groups excluding carboxylic acids is 3. The van der Waals surface area contributed by atoms with Crippen molar-refractivity contribution < 1.29 is 19.1 Å². The smallest absolute Gasteiger partial charge is 0.325 e. The Kier molecular flexibility index (Phi) is 6.08. The predicted octanol–water partition coefficient (Wildman–Crippen LogP) is 1.93. The van der Waals surface area contributed by atoms with E-state index in [4.69, 9.17) is 4.74 Å². The van der Waals surface area contributed by atoms with Crippen molar-refractivity contribution in [3.05, 3.63) is 29.8 Å². The second-order valence-electron chi connectivity index (χ2n) is 9.51. The van der Waals surface area contributed by atoms with Crippen LogP contribution in [0.5, 0.6) is 5.75 Å². The van der Waals surface area contributed by atoms with Gasteiger partial charge in [0, 0.05) is 22.7 Å². The van der Waals surface area contributed by atoms with Crippen molar-refractivity contribution in [2.24, 2.45) is 0 Å². The monoisotopic (exact) mass is 416 g/mol. The lowest BCUT2D eigenvalue weighted by Gasteiger charge is -2.46. The Morgan fingerprint density at radius 1 is 1.17 bits per heavy atom. The van der Waals surface area contributed by atoms with Gasteiger partial charge in [-0.2, -0.15) is 0 Å². The first kappa shape index (κ1) is 22.1. The second-order valence-corrected chi connectivity index (χ2v) is 9.51. The number of methoxy groups -OCH3 is 1. The molecule has 0 radical (unpaired) electrons. The molecule has 2 aliphatic heterocycles. The molecule has 8 heteroatoms. The van der Waals surface area contributed by atoms with Crippen LogP contribution < -0.4 is 20.7 Å². The van der Waals surface area contributed by atoms with Gasteiger partial charge in [-0.3, -0.25) is 14.5 Å². The molecule has 2 saturated heterocycles. The van der Waals surface area contributed by atoms with Crippen LogP contribution in [0, 0.1) is 0 Å². The second kappa shape index (κ2) is 8.26. The van der Waals surface area contributed by atoms with Gasteiger partial charge in [0.25, 0.3) is 5.91 Å². The van der Waals surface area contributed by atoms with Crippen LogP contribution in [0.15, 0.2) is 24.3 Å². The highest BCUT2D eigenvalue weighted by Crippen LogP contribution is 2.28. The van der Waals surface area contributed by atoms with E-state index in [-0.39, 0.29) is 36.0 Å². The van der Waals surface area contributed by atoms with Gasteiger partial charge in [0.1, 0.15) is 11.8 Å². The zero-order valence-electron chi connectivity index (χ0n) is 18.4. The number of rotatable bonds is 6. The number of benzene rings is 1. The molecule has 0 spiro atoms. The molecule has 0 aromatic heterocycles. The lowest BCUT2D eigenvalue weighted by molar-refractivity contribution is -0.131. The predicted molar refractivity (Wildman–Crippen MR) is 113 cm³/mol. The van der Waals surface area contributed by atoms with Gasteiger partial charge >= 0.3 is 6.03 Å². The van der Waals surface area contributed by atoms with Crippen LogP contribution in [0.25, 0.3) is 0 Å². The zero-order chi connectivity index (χ0) is 22.1. The maximum absolute atomic E-state index is 12.8. The molecule has 0 saturated carbocycles. The summed E-state index contributed by atoms with van der Waals surface area (Å²) in [5.74, 6) is -0.0197. The van der Waals surface area contributed by atoms with Crippen LogP contribution in [0.1, 0.15) is 52.5 Å². The van der Waals surface area contributed by atoms with Crippen molar-refractivity contribution in [3.63, 3.8) is 0 Å². The molecule has 4 amide bonds. The lowest BCUT2D eigenvalue weighted by atomic mass is 9.79. The first-order chi connectivity index (χ1) is 14.0. The van der Waals surface area contributed by atoms with E-state index < -0.39 is 18.0 Å². The van der Waals surface area contributed by atoms with Gasteiger partial charge in [-0.05, 0) is 46.6 Å². The first-order valence-electron chi connectivity index (χ1n) is 10.3. The molecular weight excluding hydrogens is 384 g/mol. The normalized spacial score (nSPS) is 23.2. The van der Waals surface area contributed by atoms with E-state index in [0.717, 1.165) is 23.3 Å². The van der Waals surface area contributed by atoms with E-state index in [9.17, 15) is 14.4 Å². The van der Waals surface area contributed by atoms with E-state index in [1.54, 1.807) is 19.2 Å². The van der Waals surface area contributed by atoms with Crippen LogP contribution in [0.4, 0.5) is 4.79 Å². The SMILES string of the molecule is COc1ccccc1CN1C(=O)N[C@@H](CC(=O)NC2CC(C)(C)NC(C)(C)C2)C1=O. The molecule has 2 heterocycles. The summed E-state index contributed by atoms with van der Waals surface area (Å²) in [6.07, 6.45) is 1.53. The van der Waals surface area contributed by atoms with Crippen LogP contribution in [-0.4, -0.2) is 53.0 Å². The number of para-hydroxylation sites is 1. The van der Waals surface area contributed by atoms with Gasteiger partial charge in [-0.1, -0.05) is 18.2 Å². The topological polar surface area (TPSA) is 99.8 Å². The Balaban J connectivity index is 1.60. The summed E-state index contributed by atoms with van der Waals surface area (Å²) >= 11 is 0. The van der Waals surface area contributed by atoms with E-state index in [2.05, 4.69) is 43.6 Å². The molecule has 2 aliphatic rings. The van der Waals surface area contributed by atoms with E-state index in [1.165, 1.54) is 0 Å². The molecule has 2 fully saturated rings. The van der Waals surface area contributed by atoms with Gasteiger partial charge in [0.15, 0.2) is 0 Å². The Morgan fingerprint density at radius 2 is 1.80 bits per heavy atom. The van der Waals surface area contributed by atoms with Crippen molar-refractivity contribution in [2.45, 2.75) is 76.7 Å². The molecule has 30 heavy (non-hydrogen) atoms. The number of hydrogen-bond acceptors (Lipinski definition) is 5. The molecule has 0 unspecified atom stereocenters. The molecule has 3 rings (SSSR count). The lowest BCUT2D eigenvalue weighted by Crippen LogP contribution is -2.62. The largest absolute Gasteiger partial charge is 0.496 e. The molecule has 1 aromatic rings. The van der Waals surface area contributed by atoms with Gasteiger partial charge < -0.3 is 20.7 Å². The molecule has 3 N–H and O–H groups in total. The fraction of sp³-hybridized carbons (Fsp3) is 0.591. The van der Waals surface area contributed by atoms with Gasteiger partial charge in [0.05, 0.1) is 20.1 Å². The number of nitrogens with zero attached hydrogens (tertiary/aromatic N) is 1. The summed E-state index contributed by atoms with van der Waals surface area (Å²) in [6, 6.07) is 5.90. The van der Waals surface area contributed by atoms with Gasteiger partial charge in [-0.25, -0.2) is 4.79 Å². The standard InChI is InChI=1S/C22H32N4O4/c1-21(2)11-15(12-22(3,4)25-21)23-18(27)10-16-19(28)26(20(29)24-16)13-14-8-6-7-9-17(14)30-5/h6-9,15-16,25H,10-13H2,1-5H3,(H,23,27)(H,24,29)/t16-/m0/s1. The Labute approximate surface area is 177 Å². The fourth-order valence-corrected chi connectivity index (χ4v) is 4.77. The maximum Gasteiger partial charge on any atom is 0.325 e. The summed E-state index contributed by atoms with van der Waals surface area (Å²) < 4.78 is 5.30. The van der Waals surface area contributed by atoms with E-state index >= 15 is 0 Å². The summed E-state index contributed by atoms with van der Waals surface area (Å²) in [5.41, 5.74) is 0.540. The average molecular weight is 417 g/mol. The number of amides is 4. The van der Waals surface area contributed by atoms with Crippen molar-refractivity contribution >= 4 is 17.8 Å². The Bertz CT molecular complexity index is 820. The number of urea groups is 1. The number of nitrogens with one attached hydrogen (secondary N) is 3. The van der Waals surface area contributed by atoms with Crippen molar-refractivity contribution in [1.29, 1.82) is 0 Å². The maximum atomic E-state index is 12.8. The van der Waals surface area contributed by atoms with Crippen LogP contribution >= 0.6 is 0 Å². The fourth-order valence-electron chi connectivity index (χ4n) is 4.77. The molecule has 0 aliphatic carbocycles. The van der Waals surface area contributed by atoms with Crippen molar-refractivity contribution in [3.8, 4) is 5.75 Å². The number of carbonyl (C=O) groups is 3. The van der Waals surface area contributed by atoms with Gasteiger partial charge in [0.2, 0.25) is 5.91 Å². The third-order valence-electron chi connectivity index (χ3n) is 5.57. The highest BCUT2D eigenvalue weighted by molar-refractivity contribution is 6.05. The van der Waals surface area contributed by atoms with Crippen LogP contribution in [-0.2, 0) is 16.1 Å².